The van der Waals surface area contributed by atoms with Crippen molar-refractivity contribution in [2.24, 2.45) is 7.05 Å². The summed E-state index contributed by atoms with van der Waals surface area (Å²) in [5, 5.41) is 4.88. The van der Waals surface area contributed by atoms with E-state index in [0.717, 1.165) is 17.7 Å². The van der Waals surface area contributed by atoms with Crippen LogP contribution >= 0.6 is 0 Å². The minimum atomic E-state index is -1.38. The summed E-state index contributed by atoms with van der Waals surface area (Å²) in [6.45, 7) is 0. The largest absolute Gasteiger partial charge is 0.347 e. The topological polar surface area (TPSA) is 34.0 Å². The summed E-state index contributed by atoms with van der Waals surface area (Å²) in [6.07, 6.45) is 3.43. The molecule has 3 unspecified atom stereocenters. The van der Waals surface area contributed by atoms with Gasteiger partial charge in [0, 0.05) is 51.9 Å². The number of hydrogen-bond acceptors (Lipinski definition) is 2. The highest BCUT2D eigenvalue weighted by atomic mass is 32.2. The summed E-state index contributed by atoms with van der Waals surface area (Å²) < 4.78 is 28.7. The van der Waals surface area contributed by atoms with Crippen LogP contribution in [0.3, 0.4) is 0 Å². The van der Waals surface area contributed by atoms with Crippen LogP contribution < -0.4 is 5.32 Å². The average Bonchev–Trinajstić information content (AvgIpc) is 3.13. The molecule has 0 radical (unpaired) electrons. The first-order chi connectivity index (χ1) is 12.1. The number of hydrogen-bond donors (Lipinski definition) is 1. The fourth-order valence-electron chi connectivity index (χ4n) is 4.42. The third-order valence-corrected chi connectivity index (χ3v) is 6.95. The summed E-state index contributed by atoms with van der Waals surface area (Å²) in [5.74, 6) is -0.356. The maximum Gasteiger partial charge on any atom is 0.124 e. The highest BCUT2D eigenvalue weighted by Crippen LogP contribution is 2.42. The van der Waals surface area contributed by atoms with Gasteiger partial charge >= 0.3 is 0 Å². The third-order valence-electron chi connectivity index (χ3n) is 5.59. The van der Waals surface area contributed by atoms with E-state index in [4.69, 9.17) is 0 Å². The predicted molar refractivity (Wildman–Crippen MR) is 96.6 cm³/mol. The van der Waals surface area contributed by atoms with Crippen LogP contribution in [-0.4, -0.2) is 14.8 Å². The van der Waals surface area contributed by atoms with Crippen LogP contribution in [0, 0.1) is 5.82 Å². The molecule has 3 heterocycles. The molecule has 3 nitrogen and oxygen atoms in total. The first-order valence-electron chi connectivity index (χ1n) is 8.66. The maximum absolute atomic E-state index is 13.5. The Labute approximate surface area is 148 Å². The number of aromatic nitrogens is 1. The SMILES string of the molecule is Cn1c2c(c3cc(S(=O)c4cccc(F)c4)ccc31)C1CCC(C2)N1. The van der Waals surface area contributed by atoms with Gasteiger partial charge in [-0.15, -0.1) is 0 Å². The Morgan fingerprint density at radius 1 is 1.16 bits per heavy atom. The van der Waals surface area contributed by atoms with Crippen LogP contribution in [0.5, 0.6) is 0 Å². The Morgan fingerprint density at radius 2 is 2.00 bits per heavy atom. The van der Waals surface area contributed by atoms with E-state index < -0.39 is 10.8 Å². The zero-order valence-corrected chi connectivity index (χ0v) is 14.8. The molecule has 2 aliphatic rings. The molecular formula is C20H19FN2OS. The molecule has 2 bridgehead atoms. The fraction of sp³-hybridized carbons (Fsp3) is 0.300. The lowest BCUT2D eigenvalue weighted by atomic mass is 9.99. The van der Waals surface area contributed by atoms with Gasteiger partial charge in [-0.05, 0) is 54.8 Å². The van der Waals surface area contributed by atoms with Crippen molar-refractivity contribution < 1.29 is 8.60 Å². The van der Waals surface area contributed by atoms with Crippen molar-refractivity contribution >= 4 is 21.7 Å². The minimum Gasteiger partial charge on any atom is -0.347 e. The lowest BCUT2D eigenvalue weighted by molar-refractivity contribution is 0.503. The Hall–Kier alpha value is -1.98. The first-order valence-corrected chi connectivity index (χ1v) is 9.81. The Balaban J connectivity index is 1.66. The van der Waals surface area contributed by atoms with Crippen molar-refractivity contribution in [3.63, 3.8) is 0 Å². The number of halogens is 1. The highest BCUT2D eigenvalue weighted by molar-refractivity contribution is 7.85. The van der Waals surface area contributed by atoms with Gasteiger partial charge in [-0.3, -0.25) is 0 Å². The summed E-state index contributed by atoms with van der Waals surface area (Å²) in [7, 11) is 0.743. The summed E-state index contributed by atoms with van der Waals surface area (Å²) in [5.41, 5.74) is 3.94. The fourth-order valence-corrected chi connectivity index (χ4v) is 5.53. The second kappa shape index (κ2) is 5.51. The Bertz CT molecular complexity index is 1030. The molecule has 2 aliphatic heterocycles. The van der Waals surface area contributed by atoms with E-state index in [0.29, 0.717) is 17.0 Å². The standard InChI is InChI=1S/C20H19FN2OS/c1-23-18-8-6-15(25(24)14-4-2-3-12(21)9-14)11-16(18)20-17-7-5-13(22-17)10-19(20)23/h2-4,6,8-9,11,13,17,22H,5,7,10H2,1H3. The van der Waals surface area contributed by atoms with E-state index in [1.807, 2.05) is 18.2 Å². The van der Waals surface area contributed by atoms with Crippen molar-refractivity contribution in [1.82, 2.24) is 9.88 Å². The lowest BCUT2D eigenvalue weighted by Gasteiger charge is -2.23. The van der Waals surface area contributed by atoms with E-state index >= 15 is 0 Å². The van der Waals surface area contributed by atoms with Crippen LogP contribution in [0.1, 0.15) is 30.1 Å². The minimum absolute atomic E-state index is 0.356. The number of fused-ring (bicyclic) bond motifs is 6. The molecule has 128 valence electrons. The van der Waals surface area contributed by atoms with Crippen LogP contribution in [0.25, 0.3) is 10.9 Å². The van der Waals surface area contributed by atoms with Gasteiger partial charge in [0.05, 0.1) is 10.8 Å². The maximum atomic E-state index is 13.5. The van der Waals surface area contributed by atoms with Crippen molar-refractivity contribution in [2.45, 2.75) is 41.1 Å². The second-order valence-electron chi connectivity index (χ2n) is 7.02. The summed E-state index contributed by atoms with van der Waals surface area (Å²) in [6, 6.07) is 13.0. The van der Waals surface area contributed by atoms with Crippen molar-refractivity contribution in [1.29, 1.82) is 0 Å². The van der Waals surface area contributed by atoms with E-state index in [1.165, 1.54) is 40.7 Å². The molecule has 1 N–H and O–H groups in total. The molecule has 0 spiro atoms. The summed E-state index contributed by atoms with van der Waals surface area (Å²) >= 11 is 0. The molecular weight excluding hydrogens is 335 g/mol. The van der Waals surface area contributed by atoms with Gasteiger partial charge in [-0.2, -0.15) is 0 Å². The number of rotatable bonds is 2. The molecule has 25 heavy (non-hydrogen) atoms. The molecule has 0 saturated carbocycles. The zero-order chi connectivity index (χ0) is 17.1. The molecule has 2 aromatic carbocycles. The molecule has 5 rings (SSSR count). The number of nitrogens with zero attached hydrogens (tertiary/aromatic N) is 1. The Kier molecular flexibility index (Phi) is 3.37. The van der Waals surface area contributed by atoms with Crippen LogP contribution in [-0.2, 0) is 24.3 Å². The van der Waals surface area contributed by atoms with Gasteiger partial charge in [0.1, 0.15) is 5.82 Å². The lowest BCUT2D eigenvalue weighted by Crippen LogP contribution is -2.32. The van der Waals surface area contributed by atoms with Crippen LogP contribution in [0.2, 0.25) is 0 Å². The molecule has 3 atom stereocenters. The molecule has 1 saturated heterocycles. The molecule has 1 fully saturated rings. The molecule has 0 amide bonds. The zero-order valence-electron chi connectivity index (χ0n) is 14.0. The normalized spacial score (nSPS) is 23.0. The molecule has 3 aromatic rings. The number of aryl methyl sites for hydroxylation is 1. The van der Waals surface area contributed by atoms with Gasteiger partial charge in [-0.25, -0.2) is 8.60 Å². The highest BCUT2D eigenvalue weighted by Gasteiger charge is 2.35. The van der Waals surface area contributed by atoms with Gasteiger partial charge in [0.15, 0.2) is 0 Å². The van der Waals surface area contributed by atoms with Crippen LogP contribution in [0.4, 0.5) is 4.39 Å². The van der Waals surface area contributed by atoms with Crippen LogP contribution in [0.15, 0.2) is 52.3 Å². The quantitative estimate of drug-likeness (QED) is 0.759. The van der Waals surface area contributed by atoms with E-state index in [2.05, 4.69) is 16.9 Å². The van der Waals surface area contributed by atoms with Gasteiger partial charge in [0.2, 0.25) is 0 Å². The molecule has 1 aromatic heterocycles. The van der Waals surface area contributed by atoms with E-state index in [9.17, 15) is 8.60 Å². The van der Waals surface area contributed by atoms with Crippen molar-refractivity contribution in [2.75, 3.05) is 0 Å². The monoisotopic (exact) mass is 354 g/mol. The van der Waals surface area contributed by atoms with E-state index in [1.54, 1.807) is 12.1 Å². The van der Waals surface area contributed by atoms with Gasteiger partial charge < -0.3 is 9.88 Å². The summed E-state index contributed by atoms with van der Waals surface area (Å²) in [4.78, 5) is 1.23. The first kappa shape index (κ1) is 15.3. The van der Waals surface area contributed by atoms with Crippen molar-refractivity contribution in [3.05, 3.63) is 59.5 Å². The molecule has 5 heteroatoms. The van der Waals surface area contributed by atoms with Gasteiger partial charge in [0.25, 0.3) is 0 Å². The Morgan fingerprint density at radius 3 is 2.84 bits per heavy atom. The predicted octanol–water partition coefficient (Wildman–Crippen LogP) is 3.83. The second-order valence-corrected chi connectivity index (χ2v) is 8.50. The number of benzene rings is 2. The van der Waals surface area contributed by atoms with E-state index in [-0.39, 0.29) is 5.82 Å². The third kappa shape index (κ3) is 2.29. The van der Waals surface area contributed by atoms with Crippen molar-refractivity contribution in [3.8, 4) is 0 Å². The smallest absolute Gasteiger partial charge is 0.124 e. The number of nitrogens with one attached hydrogen (secondary N) is 1. The van der Waals surface area contributed by atoms with Gasteiger partial charge in [-0.1, -0.05) is 6.07 Å². The molecule has 0 aliphatic carbocycles. The average molecular weight is 354 g/mol.